The number of halogens is 1. The van der Waals surface area contributed by atoms with Crippen LogP contribution >= 0.6 is 27.7 Å². The van der Waals surface area contributed by atoms with Gasteiger partial charge < -0.3 is 5.32 Å². The molecule has 1 N–H and O–H groups in total. The maximum Gasteiger partial charge on any atom is 0.209 e. The molecule has 0 bridgehead atoms. The van der Waals surface area contributed by atoms with Crippen LogP contribution in [0.3, 0.4) is 0 Å². The van der Waals surface area contributed by atoms with Crippen LogP contribution in [0.1, 0.15) is 13.3 Å². The van der Waals surface area contributed by atoms with Crippen molar-refractivity contribution in [2.75, 3.05) is 18.8 Å². The van der Waals surface area contributed by atoms with Crippen molar-refractivity contribution in [3.8, 4) is 0 Å². The first-order chi connectivity index (χ1) is 7.74. The first-order valence-electron chi connectivity index (χ1n) is 5.17. The molecular formula is C9H16BrN5S. The van der Waals surface area contributed by atoms with Crippen molar-refractivity contribution in [3.05, 3.63) is 11.1 Å². The van der Waals surface area contributed by atoms with E-state index in [2.05, 4.69) is 50.3 Å². The maximum atomic E-state index is 3.96. The van der Waals surface area contributed by atoms with Gasteiger partial charge in [-0.3, -0.25) is 0 Å². The predicted molar refractivity (Wildman–Crippen MR) is 69.8 cm³/mol. The molecule has 90 valence electrons. The standard InChI is InChI=1S/C9H16BrN5S/c1-3-4-11-5-6-15-9(12-13-14-15)16-7-8(2)10/h11H,2-7H2,1H3. The molecule has 0 atom stereocenters. The van der Waals surface area contributed by atoms with Crippen LogP contribution in [0.4, 0.5) is 0 Å². The van der Waals surface area contributed by atoms with E-state index in [0.29, 0.717) is 0 Å². The lowest BCUT2D eigenvalue weighted by Crippen LogP contribution is -2.21. The van der Waals surface area contributed by atoms with Gasteiger partial charge in [0.15, 0.2) is 0 Å². The van der Waals surface area contributed by atoms with E-state index in [1.165, 1.54) is 0 Å². The summed E-state index contributed by atoms with van der Waals surface area (Å²) >= 11 is 4.89. The third-order valence-electron chi connectivity index (χ3n) is 1.78. The highest BCUT2D eigenvalue weighted by atomic mass is 79.9. The van der Waals surface area contributed by atoms with Crippen LogP contribution in [-0.4, -0.2) is 39.0 Å². The summed E-state index contributed by atoms with van der Waals surface area (Å²) in [5, 5.41) is 15.7. The summed E-state index contributed by atoms with van der Waals surface area (Å²) in [6.45, 7) is 8.64. The minimum absolute atomic E-state index is 0.781. The molecular weight excluding hydrogens is 290 g/mol. The Morgan fingerprint density at radius 3 is 3.06 bits per heavy atom. The van der Waals surface area contributed by atoms with Crippen LogP contribution < -0.4 is 5.32 Å². The van der Waals surface area contributed by atoms with E-state index in [4.69, 9.17) is 0 Å². The van der Waals surface area contributed by atoms with E-state index in [-0.39, 0.29) is 0 Å². The fraction of sp³-hybridized carbons (Fsp3) is 0.667. The highest BCUT2D eigenvalue weighted by Gasteiger charge is 2.06. The van der Waals surface area contributed by atoms with E-state index in [9.17, 15) is 0 Å². The molecule has 0 amide bonds. The molecule has 0 spiro atoms. The average Bonchev–Trinajstić information content (AvgIpc) is 2.69. The van der Waals surface area contributed by atoms with E-state index >= 15 is 0 Å². The van der Waals surface area contributed by atoms with Gasteiger partial charge in [0.05, 0.1) is 6.54 Å². The monoisotopic (exact) mass is 305 g/mol. The summed E-state index contributed by atoms with van der Waals surface area (Å²) in [7, 11) is 0. The largest absolute Gasteiger partial charge is 0.315 e. The molecule has 0 saturated heterocycles. The zero-order chi connectivity index (χ0) is 11.8. The second-order valence-corrected chi connectivity index (χ2v) is 5.30. The predicted octanol–water partition coefficient (Wildman–Crippen LogP) is 1.67. The van der Waals surface area contributed by atoms with Crippen molar-refractivity contribution in [2.45, 2.75) is 25.0 Å². The number of aromatic nitrogens is 4. The van der Waals surface area contributed by atoms with Gasteiger partial charge in [-0.25, -0.2) is 4.68 Å². The minimum Gasteiger partial charge on any atom is -0.315 e. The van der Waals surface area contributed by atoms with Gasteiger partial charge in [-0.05, 0) is 27.9 Å². The summed E-state index contributed by atoms with van der Waals surface area (Å²) in [5.74, 6) is 0.781. The van der Waals surface area contributed by atoms with Crippen LogP contribution in [0.25, 0.3) is 0 Å². The van der Waals surface area contributed by atoms with Crippen LogP contribution in [0.15, 0.2) is 16.2 Å². The zero-order valence-corrected chi connectivity index (χ0v) is 11.7. The van der Waals surface area contributed by atoms with Gasteiger partial charge >= 0.3 is 0 Å². The number of thioether (sulfide) groups is 1. The summed E-state index contributed by atoms with van der Waals surface area (Å²) in [6, 6.07) is 0. The molecule has 0 aliphatic heterocycles. The van der Waals surface area contributed by atoms with Crippen LogP contribution in [0.2, 0.25) is 0 Å². The van der Waals surface area contributed by atoms with Crippen molar-refractivity contribution in [1.82, 2.24) is 25.5 Å². The smallest absolute Gasteiger partial charge is 0.209 e. The molecule has 0 radical (unpaired) electrons. The maximum absolute atomic E-state index is 3.96. The summed E-state index contributed by atoms with van der Waals surface area (Å²) in [6.07, 6.45) is 1.14. The minimum atomic E-state index is 0.781. The molecule has 7 heteroatoms. The van der Waals surface area contributed by atoms with Gasteiger partial charge in [0.1, 0.15) is 0 Å². The van der Waals surface area contributed by atoms with Gasteiger partial charge in [0, 0.05) is 12.3 Å². The lowest BCUT2D eigenvalue weighted by atomic mass is 10.5. The molecule has 1 heterocycles. The van der Waals surface area contributed by atoms with Crippen molar-refractivity contribution in [2.24, 2.45) is 0 Å². The third kappa shape index (κ3) is 5.09. The summed E-state index contributed by atoms with van der Waals surface area (Å²) in [5.41, 5.74) is 0. The van der Waals surface area contributed by atoms with Crippen molar-refractivity contribution in [3.63, 3.8) is 0 Å². The van der Waals surface area contributed by atoms with Crippen molar-refractivity contribution >= 4 is 27.7 Å². The molecule has 1 rings (SSSR count). The Morgan fingerprint density at radius 2 is 2.38 bits per heavy atom. The molecule has 0 unspecified atom stereocenters. The fourth-order valence-electron chi connectivity index (χ4n) is 1.07. The van der Waals surface area contributed by atoms with Crippen LogP contribution in [-0.2, 0) is 6.54 Å². The third-order valence-corrected chi connectivity index (χ3v) is 3.48. The molecule has 5 nitrogen and oxygen atoms in total. The van der Waals surface area contributed by atoms with E-state index < -0.39 is 0 Å². The van der Waals surface area contributed by atoms with Gasteiger partial charge in [0.2, 0.25) is 5.16 Å². The molecule has 0 aromatic carbocycles. The first-order valence-corrected chi connectivity index (χ1v) is 6.95. The Kier molecular flexibility index (Phi) is 6.67. The summed E-state index contributed by atoms with van der Waals surface area (Å²) in [4.78, 5) is 0. The number of hydrogen-bond donors (Lipinski definition) is 1. The molecule has 1 aromatic heterocycles. The zero-order valence-electron chi connectivity index (χ0n) is 9.32. The van der Waals surface area contributed by atoms with Gasteiger partial charge in [-0.15, -0.1) is 5.10 Å². The van der Waals surface area contributed by atoms with Crippen LogP contribution in [0, 0.1) is 0 Å². The van der Waals surface area contributed by atoms with Gasteiger partial charge in [-0.1, -0.05) is 41.2 Å². The number of tetrazole rings is 1. The molecule has 0 aliphatic rings. The molecule has 1 aromatic rings. The SMILES string of the molecule is C=C(Br)CSc1nnnn1CCNCCC. The van der Waals surface area contributed by atoms with Crippen LogP contribution in [0.5, 0.6) is 0 Å². The highest BCUT2D eigenvalue weighted by molar-refractivity contribution is 9.11. The second-order valence-electron chi connectivity index (χ2n) is 3.24. The van der Waals surface area contributed by atoms with E-state index in [0.717, 1.165) is 41.4 Å². The molecule has 0 aliphatic carbocycles. The number of nitrogens with one attached hydrogen (secondary N) is 1. The van der Waals surface area contributed by atoms with Gasteiger partial charge in [-0.2, -0.15) is 0 Å². The Hall–Kier alpha value is -0.400. The lowest BCUT2D eigenvalue weighted by molar-refractivity contribution is 0.511. The molecule has 16 heavy (non-hydrogen) atoms. The lowest BCUT2D eigenvalue weighted by Gasteiger charge is -2.04. The number of nitrogens with zero attached hydrogens (tertiary/aromatic N) is 4. The quantitative estimate of drug-likeness (QED) is 0.585. The normalized spacial score (nSPS) is 10.6. The number of hydrogen-bond acceptors (Lipinski definition) is 5. The Morgan fingerprint density at radius 1 is 1.56 bits per heavy atom. The highest BCUT2D eigenvalue weighted by Crippen LogP contribution is 2.18. The second kappa shape index (κ2) is 7.81. The Labute approximate surface area is 108 Å². The van der Waals surface area contributed by atoms with E-state index in [1.54, 1.807) is 11.8 Å². The molecule has 0 saturated carbocycles. The van der Waals surface area contributed by atoms with Crippen molar-refractivity contribution < 1.29 is 0 Å². The molecule has 0 fully saturated rings. The number of rotatable bonds is 8. The van der Waals surface area contributed by atoms with Crippen molar-refractivity contribution in [1.29, 1.82) is 0 Å². The topological polar surface area (TPSA) is 55.6 Å². The Bertz CT molecular complexity index is 327. The summed E-state index contributed by atoms with van der Waals surface area (Å²) < 4.78 is 2.75. The Balaban J connectivity index is 2.35. The van der Waals surface area contributed by atoms with Gasteiger partial charge in [0.25, 0.3) is 0 Å². The van der Waals surface area contributed by atoms with E-state index in [1.807, 2.05) is 4.68 Å². The first kappa shape index (κ1) is 13.7. The fourth-order valence-corrected chi connectivity index (χ4v) is 2.07. The average molecular weight is 306 g/mol.